The highest BCUT2D eigenvalue weighted by molar-refractivity contribution is 5.68. The van der Waals surface area contributed by atoms with Gasteiger partial charge in [-0.15, -0.1) is 0 Å². The fourth-order valence-electron chi connectivity index (χ4n) is 2.83. The molecule has 0 spiro atoms. The minimum atomic E-state index is -0.410. The first kappa shape index (κ1) is 11.7. The molecule has 4 atom stereocenters. The van der Waals surface area contributed by atoms with Crippen molar-refractivity contribution in [1.29, 1.82) is 0 Å². The number of rotatable bonds is 0. The molecule has 2 heterocycles. The molecule has 3 rings (SSSR count). The molecule has 92 valence electrons. The van der Waals surface area contributed by atoms with Gasteiger partial charge in [0.05, 0.1) is 0 Å². The molecule has 4 heteroatoms. The van der Waals surface area contributed by atoms with E-state index in [2.05, 4.69) is 6.92 Å². The van der Waals surface area contributed by atoms with Gasteiger partial charge in [0.25, 0.3) is 0 Å². The van der Waals surface area contributed by atoms with Gasteiger partial charge in [0.1, 0.15) is 5.60 Å². The van der Waals surface area contributed by atoms with Crippen molar-refractivity contribution in [2.45, 2.75) is 39.3 Å². The molecule has 2 aliphatic heterocycles. The summed E-state index contributed by atoms with van der Waals surface area (Å²) in [7, 11) is 0. The minimum absolute atomic E-state index is 0.193. The molecule has 3 fully saturated rings. The molecule has 0 aromatic heterocycles. The molecule has 0 radical (unpaired) electrons. The molecule has 1 aliphatic carbocycles. The number of carbonyl (C=O) groups is 1. The second kappa shape index (κ2) is 3.62. The summed E-state index contributed by atoms with van der Waals surface area (Å²) in [6.07, 6.45) is -0.193. The molecule has 0 aromatic rings. The van der Waals surface area contributed by atoms with Gasteiger partial charge in [0, 0.05) is 19.1 Å². The quantitative estimate of drug-likeness (QED) is 0.680. The van der Waals surface area contributed by atoms with E-state index in [4.69, 9.17) is 10.5 Å². The van der Waals surface area contributed by atoms with Crippen molar-refractivity contribution in [2.75, 3.05) is 13.1 Å². The van der Waals surface area contributed by atoms with Crippen molar-refractivity contribution in [3.8, 4) is 0 Å². The molecule has 2 N–H and O–H groups in total. The molecular formula is C12H22N2O2. The lowest BCUT2D eigenvalue weighted by atomic mass is 9.59. The van der Waals surface area contributed by atoms with Crippen LogP contribution in [0.4, 0.5) is 4.79 Å². The van der Waals surface area contributed by atoms with Crippen LogP contribution in [0, 0.1) is 17.8 Å². The molecular weight excluding hydrogens is 204 g/mol. The number of nitrogens with zero attached hydrogens (tertiary/aromatic N) is 1. The van der Waals surface area contributed by atoms with Crippen molar-refractivity contribution < 1.29 is 9.53 Å². The second-order valence-electron chi connectivity index (χ2n) is 6.15. The maximum absolute atomic E-state index is 11.9. The maximum atomic E-state index is 11.9. The van der Waals surface area contributed by atoms with Crippen LogP contribution < -0.4 is 5.73 Å². The third-order valence-electron chi connectivity index (χ3n) is 3.85. The number of piperidine rings is 2. The molecule has 3 aliphatic rings. The van der Waals surface area contributed by atoms with Gasteiger partial charge in [-0.1, -0.05) is 6.92 Å². The van der Waals surface area contributed by atoms with Crippen LogP contribution in [-0.2, 0) is 4.74 Å². The van der Waals surface area contributed by atoms with Crippen LogP contribution in [0.1, 0.15) is 27.7 Å². The zero-order valence-electron chi connectivity index (χ0n) is 10.6. The van der Waals surface area contributed by atoms with E-state index in [1.54, 1.807) is 0 Å². The van der Waals surface area contributed by atoms with E-state index in [0.29, 0.717) is 17.8 Å². The normalized spacial score (nSPS) is 37.9. The predicted octanol–water partition coefficient (Wildman–Crippen LogP) is 1.45. The molecule has 1 saturated carbocycles. The summed E-state index contributed by atoms with van der Waals surface area (Å²) in [5.74, 6) is 1.59. The highest BCUT2D eigenvalue weighted by Gasteiger charge is 2.52. The molecule has 16 heavy (non-hydrogen) atoms. The van der Waals surface area contributed by atoms with Crippen LogP contribution >= 0.6 is 0 Å². The van der Waals surface area contributed by atoms with Gasteiger partial charge in [-0.3, -0.25) is 0 Å². The SMILES string of the molecule is CC1[C@H]2CN(C(=O)OC(C)(C)C)C[C@@H]1C2N. The lowest BCUT2D eigenvalue weighted by Crippen LogP contribution is -2.67. The first-order chi connectivity index (χ1) is 7.29. The molecule has 2 bridgehead atoms. The lowest BCUT2D eigenvalue weighted by molar-refractivity contribution is -0.0635. The summed E-state index contributed by atoms with van der Waals surface area (Å²) in [5.41, 5.74) is 5.62. The smallest absolute Gasteiger partial charge is 0.410 e. The number of carbonyl (C=O) groups excluding carboxylic acids is 1. The van der Waals surface area contributed by atoms with Crippen molar-refractivity contribution in [3.05, 3.63) is 0 Å². The van der Waals surface area contributed by atoms with Gasteiger partial charge in [-0.2, -0.15) is 0 Å². The van der Waals surface area contributed by atoms with E-state index in [9.17, 15) is 4.79 Å². The Bertz CT molecular complexity index is 274. The Kier molecular flexibility index (Phi) is 2.65. The van der Waals surface area contributed by atoms with E-state index in [-0.39, 0.29) is 12.1 Å². The Hall–Kier alpha value is -0.770. The lowest BCUT2D eigenvalue weighted by Gasteiger charge is -2.56. The van der Waals surface area contributed by atoms with E-state index in [0.717, 1.165) is 13.1 Å². The Balaban J connectivity index is 1.92. The number of ether oxygens (including phenoxy) is 1. The summed E-state index contributed by atoms with van der Waals surface area (Å²) in [4.78, 5) is 13.7. The van der Waals surface area contributed by atoms with Crippen LogP contribution in [0.3, 0.4) is 0 Å². The average Bonchev–Trinajstić information content (AvgIpc) is 2.16. The maximum Gasteiger partial charge on any atom is 0.410 e. The van der Waals surface area contributed by atoms with Crippen LogP contribution in [0.15, 0.2) is 0 Å². The third-order valence-corrected chi connectivity index (χ3v) is 3.85. The van der Waals surface area contributed by atoms with E-state index >= 15 is 0 Å². The standard InChI is InChI=1S/C12H22N2O2/c1-7-8-5-14(6-9(7)10(8)13)11(15)16-12(2,3)4/h7-10H,5-6,13H2,1-4H3/t7?,8-,9+,10?. The van der Waals surface area contributed by atoms with E-state index in [1.165, 1.54) is 0 Å². The van der Waals surface area contributed by atoms with Crippen molar-refractivity contribution in [2.24, 2.45) is 23.5 Å². The summed E-state index contributed by atoms with van der Waals surface area (Å²) in [6, 6.07) is 0.286. The molecule has 2 unspecified atom stereocenters. The number of hydrogen-bond acceptors (Lipinski definition) is 3. The van der Waals surface area contributed by atoms with Gasteiger partial charge >= 0.3 is 6.09 Å². The predicted molar refractivity (Wildman–Crippen MR) is 61.9 cm³/mol. The number of amides is 1. The van der Waals surface area contributed by atoms with Gasteiger partial charge in [-0.25, -0.2) is 4.79 Å². The van der Waals surface area contributed by atoms with Crippen LogP contribution in [0.5, 0.6) is 0 Å². The van der Waals surface area contributed by atoms with Crippen molar-refractivity contribution >= 4 is 6.09 Å². The second-order valence-corrected chi connectivity index (χ2v) is 6.15. The molecule has 2 saturated heterocycles. The highest BCUT2D eigenvalue weighted by atomic mass is 16.6. The Morgan fingerprint density at radius 3 is 2.19 bits per heavy atom. The van der Waals surface area contributed by atoms with Crippen LogP contribution in [0.2, 0.25) is 0 Å². The van der Waals surface area contributed by atoms with Gasteiger partial charge < -0.3 is 15.4 Å². The van der Waals surface area contributed by atoms with E-state index in [1.807, 2.05) is 25.7 Å². The first-order valence-corrected chi connectivity index (χ1v) is 6.03. The van der Waals surface area contributed by atoms with Gasteiger partial charge in [0.15, 0.2) is 0 Å². The van der Waals surface area contributed by atoms with Gasteiger partial charge in [0.2, 0.25) is 0 Å². The zero-order valence-corrected chi connectivity index (χ0v) is 10.6. The zero-order chi connectivity index (χ0) is 12.1. The van der Waals surface area contributed by atoms with Crippen molar-refractivity contribution in [1.82, 2.24) is 4.90 Å². The summed E-state index contributed by atoms with van der Waals surface area (Å²) >= 11 is 0. The number of hydrogen-bond donors (Lipinski definition) is 1. The van der Waals surface area contributed by atoms with Crippen LogP contribution in [0.25, 0.3) is 0 Å². The average molecular weight is 226 g/mol. The summed E-state index contributed by atoms with van der Waals surface area (Å²) in [6.45, 7) is 9.42. The number of fused-ring (bicyclic) bond motifs is 2. The third kappa shape index (κ3) is 1.90. The summed E-state index contributed by atoms with van der Waals surface area (Å²) < 4.78 is 5.36. The minimum Gasteiger partial charge on any atom is -0.444 e. The monoisotopic (exact) mass is 226 g/mol. The fraction of sp³-hybridized carbons (Fsp3) is 0.917. The largest absolute Gasteiger partial charge is 0.444 e. The van der Waals surface area contributed by atoms with Crippen LogP contribution in [-0.4, -0.2) is 35.7 Å². The Labute approximate surface area is 97.1 Å². The summed E-state index contributed by atoms with van der Waals surface area (Å²) in [5, 5.41) is 0. The Morgan fingerprint density at radius 2 is 1.81 bits per heavy atom. The Morgan fingerprint density at radius 1 is 1.31 bits per heavy atom. The molecule has 1 amide bonds. The number of nitrogens with two attached hydrogens (primary N) is 1. The van der Waals surface area contributed by atoms with Gasteiger partial charge in [-0.05, 0) is 38.5 Å². The topological polar surface area (TPSA) is 55.6 Å². The first-order valence-electron chi connectivity index (χ1n) is 6.03. The highest BCUT2D eigenvalue weighted by Crippen LogP contribution is 2.44. The van der Waals surface area contributed by atoms with E-state index < -0.39 is 5.60 Å². The molecule has 0 aromatic carbocycles. The fourth-order valence-corrected chi connectivity index (χ4v) is 2.83. The van der Waals surface area contributed by atoms with Crippen molar-refractivity contribution in [3.63, 3.8) is 0 Å². The molecule has 4 nitrogen and oxygen atoms in total.